The fraction of sp³-hybridized carbons (Fsp3) is 0.435. The average molecular weight is 354 g/mol. The number of rotatable bonds is 7. The highest BCUT2D eigenvalue weighted by molar-refractivity contribution is 5.95. The lowest BCUT2D eigenvalue weighted by Crippen LogP contribution is -2.31. The number of carbonyl (C=O) groups excluding carboxylic acids is 1. The molecule has 26 heavy (non-hydrogen) atoms. The van der Waals surface area contributed by atoms with Crippen LogP contribution < -0.4 is 10.1 Å². The van der Waals surface area contributed by atoms with Crippen molar-refractivity contribution in [3.8, 4) is 5.75 Å². The molecule has 1 atom stereocenters. The second kappa shape index (κ2) is 8.88. The lowest BCUT2D eigenvalue weighted by molar-refractivity contribution is -0.122. The Morgan fingerprint density at radius 1 is 1.04 bits per heavy atom. The molecule has 3 heteroatoms. The topological polar surface area (TPSA) is 38.3 Å². The van der Waals surface area contributed by atoms with Gasteiger partial charge in [-0.3, -0.25) is 4.79 Å². The Hall–Kier alpha value is -2.29. The third-order valence-electron chi connectivity index (χ3n) is 4.71. The van der Waals surface area contributed by atoms with Crippen molar-refractivity contribution in [3.63, 3.8) is 0 Å². The minimum Gasteiger partial charge on any atom is -0.481 e. The predicted molar refractivity (Wildman–Crippen MR) is 109 cm³/mol. The Morgan fingerprint density at radius 3 is 2.19 bits per heavy atom. The van der Waals surface area contributed by atoms with Crippen LogP contribution in [0.5, 0.6) is 5.75 Å². The molecule has 2 rings (SSSR count). The lowest BCUT2D eigenvalue weighted by atomic mass is 10.0. The fourth-order valence-electron chi connectivity index (χ4n) is 3.09. The van der Waals surface area contributed by atoms with E-state index >= 15 is 0 Å². The molecule has 0 spiro atoms. The zero-order chi connectivity index (χ0) is 19.3. The van der Waals surface area contributed by atoms with E-state index in [4.69, 9.17) is 4.74 Å². The van der Waals surface area contributed by atoms with E-state index in [1.54, 1.807) is 0 Å². The summed E-state index contributed by atoms with van der Waals surface area (Å²) in [4.78, 5) is 12.8. The first-order chi connectivity index (χ1) is 12.4. The summed E-state index contributed by atoms with van der Waals surface area (Å²) in [5.41, 5.74) is 5.50. The lowest BCUT2D eigenvalue weighted by Gasteiger charge is -2.21. The Kier molecular flexibility index (Phi) is 6.84. The summed E-state index contributed by atoms with van der Waals surface area (Å²) < 4.78 is 6.06. The van der Waals surface area contributed by atoms with Crippen LogP contribution >= 0.6 is 0 Å². The highest BCUT2D eigenvalue weighted by atomic mass is 16.5. The summed E-state index contributed by atoms with van der Waals surface area (Å²) in [6.07, 6.45) is 1.20. The van der Waals surface area contributed by atoms with Gasteiger partial charge in [0.2, 0.25) is 0 Å². The Labute approximate surface area is 157 Å². The molecule has 0 aliphatic rings. The number of amides is 1. The molecule has 0 fully saturated rings. The van der Waals surface area contributed by atoms with Crippen molar-refractivity contribution in [1.82, 2.24) is 0 Å². The van der Waals surface area contributed by atoms with E-state index in [2.05, 4.69) is 63.3 Å². The van der Waals surface area contributed by atoms with Crippen LogP contribution in [0, 0.1) is 6.92 Å². The number of hydrogen-bond acceptors (Lipinski definition) is 2. The molecular weight excluding hydrogens is 322 g/mol. The number of para-hydroxylation sites is 1. The zero-order valence-corrected chi connectivity index (χ0v) is 16.8. The van der Waals surface area contributed by atoms with Crippen LogP contribution in [0.4, 0.5) is 5.69 Å². The average Bonchev–Trinajstić information content (AvgIpc) is 2.61. The van der Waals surface area contributed by atoms with E-state index in [0.717, 1.165) is 46.5 Å². The van der Waals surface area contributed by atoms with Crippen LogP contribution in [0.25, 0.3) is 0 Å². The molecule has 2 aromatic carbocycles. The number of anilines is 1. The second-order valence-electron chi connectivity index (χ2n) is 7.10. The Balaban J connectivity index is 2.21. The molecular formula is C23H31NO2. The van der Waals surface area contributed by atoms with E-state index in [-0.39, 0.29) is 5.91 Å². The number of nitrogens with one attached hydrogen (secondary N) is 1. The monoisotopic (exact) mass is 353 g/mol. The molecule has 2 aromatic rings. The van der Waals surface area contributed by atoms with Crippen molar-refractivity contribution in [2.75, 3.05) is 5.32 Å². The van der Waals surface area contributed by atoms with Gasteiger partial charge in [-0.15, -0.1) is 0 Å². The predicted octanol–water partition coefficient (Wildman–Crippen LogP) is 5.65. The van der Waals surface area contributed by atoms with Gasteiger partial charge >= 0.3 is 0 Å². The van der Waals surface area contributed by atoms with Crippen molar-refractivity contribution >= 4 is 11.6 Å². The standard InChI is InChI=1S/C23H31NO2/c1-7-18-10-9-11-19(8-2)22(18)24-23(25)17(6)26-21-14-16(5)12-13-20(21)15(3)4/h9-15,17H,7-8H2,1-6H3,(H,24,25)/t17-/m1/s1. The van der Waals surface area contributed by atoms with Gasteiger partial charge in [-0.1, -0.05) is 58.0 Å². The van der Waals surface area contributed by atoms with Crippen LogP contribution in [0.3, 0.4) is 0 Å². The molecule has 0 heterocycles. The van der Waals surface area contributed by atoms with Gasteiger partial charge in [-0.05, 0) is 60.9 Å². The number of benzene rings is 2. The molecule has 1 N–H and O–H groups in total. The molecule has 0 aliphatic heterocycles. The van der Waals surface area contributed by atoms with Gasteiger partial charge in [0.15, 0.2) is 6.10 Å². The van der Waals surface area contributed by atoms with Crippen molar-refractivity contribution in [1.29, 1.82) is 0 Å². The van der Waals surface area contributed by atoms with E-state index in [1.807, 2.05) is 19.9 Å². The highest BCUT2D eigenvalue weighted by Gasteiger charge is 2.19. The molecule has 0 aliphatic carbocycles. The van der Waals surface area contributed by atoms with Gasteiger partial charge in [0.1, 0.15) is 5.75 Å². The summed E-state index contributed by atoms with van der Waals surface area (Å²) in [6.45, 7) is 12.3. The van der Waals surface area contributed by atoms with Crippen molar-refractivity contribution in [3.05, 3.63) is 58.7 Å². The van der Waals surface area contributed by atoms with Crippen molar-refractivity contribution in [2.24, 2.45) is 0 Å². The highest BCUT2D eigenvalue weighted by Crippen LogP contribution is 2.29. The van der Waals surface area contributed by atoms with Gasteiger partial charge in [0.05, 0.1) is 0 Å². The molecule has 0 unspecified atom stereocenters. The van der Waals surface area contributed by atoms with Crippen LogP contribution in [-0.2, 0) is 17.6 Å². The van der Waals surface area contributed by atoms with E-state index in [0.29, 0.717) is 5.92 Å². The summed E-state index contributed by atoms with van der Waals surface area (Å²) in [7, 11) is 0. The largest absolute Gasteiger partial charge is 0.481 e. The summed E-state index contributed by atoms with van der Waals surface area (Å²) >= 11 is 0. The number of carbonyl (C=O) groups is 1. The zero-order valence-electron chi connectivity index (χ0n) is 16.8. The maximum atomic E-state index is 12.8. The molecule has 1 amide bonds. The van der Waals surface area contributed by atoms with Gasteiger partial charge in [0, 0.05) is 5.69 Å². The Morgan fingerprint density at radius 2 is 1.65 bits per heavy atom. The summed E-state index contributed by atoms with van der Waals surface area (Å²) in [5.74, 6) is 1.02. The number of hydrogen-bond donors (Lipinski definition) is 1. The quantitative estimate of drug-likeness (QED) is 0.698. The first-order valence-electron chi connectivity index (χ1n) is 9.56. The Bertz CT molecular complexity index is 743. The first-order valence-corrected chi connectivity index (χ1v) is 9.56. The maximum absolute atomic E-state index is 12.8. The van der Waals surface area contributed by atoms with Gasteiger partial charge < -0.3 is 10.1 Å². The molecule has 140 valence electrons. The molecule has 3 nitrogen and oxygen atoms in total. The van der Waals surface area contributed by atoms with Crippen LogP contribution in [0.1, 0.15) is 62.8 Å². The summed E-state index contributed by atoms with van der Waals surface area (Å²) in [6, 6.07) is 12.4. The minimum atomic E-state index is -0.566. The molecule has 0 saturated heterocycles. The van der Waals surface area contributed by atoms with Crippen molar-refractivity contribution < 1.29 is 9.53 Å². The third kappa shape index (κ3) is 4.66. The first kappa shape index (κ1) is 20.0. The van der Waals surface area contributed by atoms with Crippen LogP contribution in [-0.4, -0.2) is 12.0 Å². The SMILES string of the molecule is CCc1cccc(CC)c1NC(=O)[C@@H](C)Oc1cc(C)ccc1C(C)C. The molecule has 0 aromatic heterocycles. The van der Waals surface area contributed by atoms with Gasteiger partial charge in [0.25, 0.3) is 5.91 Å². The van der Waals surface area contributed by atoms with E-state index < -0.39 is 6.10 Å². The maximum Gasteiger partial charge on any atom is 0.265 e. The number of aryl methyl sites for hydroxylation is 3. The second-order valence-corrected chi connectivity index (χ2v) is 7.10. The molecule has 0 saturated carbocycles. The normalized spacial score (nSPS) is 12.1. The molecule has 0 radical (unpaired) electrons. The third-order valence-corrected chi connectivity index (χ3v) is 4.71. The number of ether oxygens (including phenoxy) is 1. The smallest absolute Gasteiger partial charge is 0.265 e. The van der Waals surface area contributed by atoms with Crippen molar-refractivity contribution in [2.45, 2.75) is 66.4 Å². The van der Waals surface area contributed by atoms with Crippen LogP contribution in [0.15, 0.2) is 36.4 Å². The van der Waals surface area contributed by atoms with E-state index in [9.17, 15) is 4.79 Å². The summed E-state index contributed by atoms with van der Waals surface area (Å²) in [5, 5.41) is 3.10. The minimum absolute atomic E-state index is 0.114. The van der Waals surface area contributed by atoms with Gasteiger partial charge in [-0.2, -0.15) is 0 Å². The van der Waals surface area contributed by atoms with E-state index in [1.165, 1.54) is 0 Å². The van der Waals surface area contributed by atoms with Crippen LogP contribution in [0.2, 0.25) is 0 Å². The van der Waals surface area contributed by atoms with Gasteiger partial charge in [-0.25, -0.2) is 0 Å². The molecule has 0 bridgehead atoms. The fourth-order valence-corrected chi connectivity index (χ4v) is 3.09.